The maximum Gasteiger partial charge on any atom is 0.0843 e. The third-order valence-electron chi connectivity index (χ3n) is 4.88. The molecule has 0 saturated carbocycles. The van der Waals surface area contributed by atoms with Crippen LogP contribution in [0, 0.1) is 0 Å². The van der Waals surface area contributed by atoms with E-state index in [1.54, 1.807) is 0 Å². The normalized spacial score (nSPS) is 31.0. The molecule has 110 valence electrons. The van der Waals surface area contributed by atoms with Gasteiger partial charge in [0.2, 0.25) is 0 Å². The van der Waals surface area contributed by atoms with E-state index in [0.29, 0.717) is 10.8 Å². The first-order chi connectivity index (χ1) is 9.73. The molecule has 2 aliphatic heterocycles. The molecule has 1 N–H and O–H groups in total. The zero-order valence-corrected chi connectivity index (χ0v) is 13.3. The quantitative estimate of drug-likeness (QED) is 0.916. The Labute approximate surface area is 126 Å². The zero-order valence-electron chi connectivity index (χ0n) is 12.5. The molecule has 20 heavy (non-hydrogen) atoms. The summed E-state index contributed by atoms with van der Waals surface area (Å²) in [6.45, 7) is 3.28. The maximum atomic E-state index is 6.09. The highest BCUT2D eigenvalue weighted by atomic mass is 32.2. The maximum absolute atomic E-state index is 6.09. The SMILES string of the molecule is CNC(CC1OCCc2ccccc21)C1(C)CCCS1. The van der Waals surface area contributed by atoms with E-state index >= 15 is 0 Å². The zero-order chi connectivity index (χ0) is 14.0. The molecule has 1 fully saturated rings. The van der Waals surface area contributed by atoms with Gasteiger partial charge in [-0.25, -0.2) is 0 Å². The molecule has 2 aliphatic rings. The van der Waals surface area contributed by atoms with Crippen molar-refractivity contribution in [1.82, 2.24) is 5.32 Å². The van der Waals surface area contributed by atoms with Gasteiger partial charge in [0.25, 0.3) is 0 Å². The molecule has 1 aromatic rings. The molecule has 0 aliphatic carbocycles. The predicted octanol–water partition coefficient (Wildman–Crippen LogP) is 3.56. The average Bonchev–Trinajstić information content (AvgIpc) is 2.92. The minimum Gasteiger partial charge on any atom is -0.373 e. The molecule has 2 heterocycles. The summed E-state index contributed by atoms with van der Waals surface area (Å²) in [5.74, 6) is 1.30. The van der Waals surface area contributed by atoms with Gasteiger partial charge in [-0.15, -0.1) is 0 Å². The Kier molecular flexibility index (Phi) is 4.39. The molecule has 3 rings (SSSR count). The predicted molar refractivity (Wildman–Crippen MR) is 86.4 cm³/mol. The number of fused-ring (bicyclic) bond motifs is 1. The minimum absolute atomic E-state index is 0.260. The topological polar surface area (TPSA) is 21.3 Å². The van der Waals surface area contributed by atoms with Crippen LogP contribution in [0.15, 0.2) is 24.3 Å². The lowest BCUT2D eigenvalue weighted by Gasteiger charge is -2.37. The van der Waals surface area contributed by atoms with Crippen LogP contribution in [0.4, 0.5) is 0 Å². The average molecular weight is 291 g/mol. The van der Waals surface area contributed by atoms with Gasteiger partial charge in [-0.05, 0) is 56.5 Å². The van der Waals surface area contributed by atoms with Gasteiger partial charge in [-0.2, -0.15) is 11.8 Å². The number of rotatable bonds is 4. The van der Waals surface area contributed by atoms with Crippen molar-refractivity contribution in [3.8, 4) is 0 Å². The van der Waals surface area contributed by atoms with Crippen molar-refractivity contribution < 1.29 is 4.74 Å². The van der Waals surface area contributed by atoms with Gasteiger partial charge >= 0.3 is 0 Å². The molecule has 3 atom stereocenters. The monoisotopic (exact) mass is 291 g/mol. The number of nitrogens with one attached hydrogen (secondary N) is 1. The van der Waals surface area contributed by atoms with E-state index in [1.165, 1.54) is 29.7 Å². The van der Waals surface area contributed by atoms with Crippen molar-refractivity contribution in [1.29, 1.82) is 0 Å². The fourth-order valence-corrected chi connectivity index (χ4v) is 5.09. The molecule has 0 spiro atoms. The minimum atomic E-state index is 0.260. The molecule has 1 aromatic carbocycles. The Morgan fingerprint density at radius 3 is 3.05 bits per heavy atom. The second-order valence-electron chi connectivity index (χ2n) is 6.15. The fraction of sp³-hybridized carbons (Fsp3) is 0.647. The van der Waals surface area contributed by atoms with Crippen LogP contribution in [0.2, 0.25) is 0 Å². The van der Waals surface area contributed by atoms with Gasteiger partial charge in [0.05, 0.1) is 12.7 Å². The van der Waals surface area contributed by atoms with E-state index < -0.39 is 0 Å². The summed E-state index contributed by atoms with van der Waals surface area (Å²) in [5, 5.41) is 3.56. The molecule has 2 nitrogen and oxygen atoms in total. The molecular weight excluding hydrogens is 266 g/mol. The van der Waals surface area contributed by atoms with Crippen molar-refractivity contribution >= 4 is 11.8 Å². The third kappa shape index (κ3) is 2.76. The summed E-state index contributed by atoms with van der Waals surface area (Å²) in [7, 11) is 2.10. The first-order valence-electron chi connectivity index (χ1n) is 7.73. The van der Waals surface area contributed by atoms with Crippen LogP contribution in [0.3, 0.4) is 0 Å². The highest BCUT2D eigenvalue weighted by Gasteiger charge is 2.39. The van der Waals surface area contributed by atoms with E-state index in [4.69, 9.17) is 4.74 Å². The van der Waals surface area contributed by atoms with Gasteiger partial charge in [0.15, 0.2) is 0 Å². The lowest BCUT2D eigenvalue weighted by Crippen LogP contribution is -2.45. The van der Waals surface area contributed by atoms with Crippen molar-refractivity contribution in [2.75, 3.05) is 19.4 Å². The van der Waals surface area contributed by atoms with E-state index in [0.717, 1.165) is 19.4 Å². The second-order valence-corrected chi connectivity index (χ2v) is 7.78. The molecule has 0 radical (unpaired) electrons. The second kappa shape index (κ2) is 6.08. The highest BCUT2D eigenvalue weighted by molar-refractivity contribution is 8.00. The molecule has 0 amide bonds. The van der Waals surface area contributed by atoms with E-state index in [1.807, 2.05) is 0 Å². The smallest absolute Gasteiger partial charge is 0.0843 e. The van der Waals surface area contributed by atoms with Gasteiger partial charge in [0, 0.05) is 10.8 Å². The molecule has 0 bridgehead atoms. The summed E-state index contributed by atoms with van der Waals surface area (Å²) in [6.07, 6.45) is 5.06. The number of hydrogen-bond acceptors (Lipinski definition) is 3. The standard InChI is InChI=1S/C17H25NOS/c1-17(9-5-11-20-17)16(18-2)12-15-14-7-4-3-6-13(14)8-10-19-15/h3-4,6-7,15-16,18H,5,8-12H2,1-2H3. The van der Waals surface area contributed by atoms with Gasteiger partial charge in [0.1, 0.15) is 0 Å². The van der Waals surface area contributed by atoms with Crippen LogP contribution in [0.25, 0.3) is 0 Å². The Bertz CT molecular complexity index is 456. The summed E-state index contributed by atoms with van der Waals surface area (Å²) in [4.78, 5) is 0. The number of ether oxygens (including phenoxy) is 1. The van der Waals surface area contributed by atoms with Crippen LogP contribution in [-0.2, 0) is 11.2 Å². The van der Waals surface area contributed by atoms with Gasteiger partial charge < -0.3 is 10.1 Å². The third-order valence-corrected chi connectivity index (χ3v) is 6.52. The van der Waals surface area contributed by atoms with Crippen molar-refractivity contribution in [3.63, 3.8) is 0 Å². The van der Waals surface area contributed by atoms with Crippen molar-refractivity contribution in [2.45, 2.75) is 49.5 Å². The van der Waals surface area contributed by atoms with E-state index in [9.17, 15) is 0 Å². The highest BCUT2D eigenvalue weighted by Crippen LogP contribution is 2.43. The number of benzene rings is 1. The molecular formula is C17H25NOS. The van der Waals surface area contributed by atoms with E-state index in [2.05, 4.69) is 55.3 Å². The number of thioether (sulfide) groups is 1. The molecule has 1 saturated heterocycles. The van der Waals surface area contributed by atoms with Crippen molar-refractivity contribution in [2.24, 2.45) is 0 Å². The Morgan fingerprint density at radius 1 is 1.45 bits per heavy atom. The van der Waals surface area contributed by atoms with E-state index in [-0.39, 0.29) is 6.10 Å². The molecule has 3 unspecified atom stereocenters. The Balaban J connectivity index is 1.77. The van der Waals surface area contributed by atoms with Gasteiger partial charge in [-0.1, -0.05) is 24.3 Å². The summed E-state index contributed by atoms with van der Waals surface area (Å²) in [5.41, 5.74) is 2.88. The van der Waals surface area contributed by atoms with Crippen LogP contribution in [0.1, 0.15) is 43.4 Å². The molecule has 3 heteroatoms. The summed E-state index contributed by atoms with van der Waals surface area (Å²) in [6, 6.07) is 9.30. The number of hydrogen-bond donors (Lipinski definition) is 1. The van der Waals surface area contributed by atoms with Crippen LogP contribution in [-0.4, -0.2) is 30.2 Å². The first-order valence-corrected chi connectivity index (χ1v) is 8.72. The van der Waals surface area contributed by atoms with Gasteiger partial charge in [-0.3, -0.25) is 0 Å². The summed E-state index contributed by atoms with van der Waals surface area (Å²) < 4.78 is 6.46. The van der Waals surface area contributed by atoms with Crippen LogP contribution >= 0.6 is 11.8 Å². The van der Waals surface area contributed by atoms with Crippen LogP contribution < -0.4 is 5.32 Å². The van der Waals surface area contributed by atoms with Crippen molar-refractivity contribution in [3.05, 3.63) is 35.4 Å². The molecule has 0 aromatic heterocycles. The lowest BCUT2D eigenvalue weighted by atomic mass is 9.87. The summed E-state index contributed by atoms with van der Waals surface area (Å²) >= 11 is 2.13. The Morgan fingerprint density at radius 2 is 2.30 bits per heavy atom. The Hall–Kier alpha value is -0.510. The van der Waals surface area contributed by atoms with Crippen LogP contribution in [0.5, 0.6) is 0 Å². The first kappa shape index (κ1) is 14.4. The largest absolute Gasteiger partial charge is 0.373 e. The fourth-order valence-electron chi connectivity index (χ4n) is 3.63. The lowest BCUT2D eigenvalue weighted by molar-refractivity contribution is 0.0272.